The van der Waals surface area contributed by atoms with Crippen LogP contribution < -0.4 is 0 Å². The minimum Gasteiger partial charge on any atom is -0.507 e. The van der Waals surface area contributed by atoms with Crippen molar-refractivity contribution in [1.82, 2.24) is 0 Å². The minimum absolute atomic E-state index is 0.185. The van der Waals surface area contributed by atoms with E-state index in [1.54, 1.807) is 0 Å². The Labute approximate surface area is 91.6 Å². The highest BCUT2D eigenvalue weighted by Crippen LogP contribution is 2.19. The van der Waals surface area contributed by atoms with Gasteiger partial charge in [0.2, 0.25) is 0 Å². The van der Waals surface area contributed by atoms with Crippen LogP contribution in [0.5, 0.6) is 5.75 Å². The molecule has 0 spiro atoms. The van der Waals surface area contributed by atoms with Gasteiger partial charge in [0.1, 0.15) is 11.3 Å². The summed E-state index contributed by atoms with van der Waals surface area (Å²) >= 11 is 0. The molecule has 5 nitrogen and oxygen atoms in total. The van der Waals surface area contributed by atoms with Crippen molar-refractivity contribution in [3.8, 4) is 5.75 Å². The standard InChI is InChI=1S/C11H10O5/c1-16-10(13)5-3-7-2-4-8(11(14)15)9(12)6-7/h2-6,12H,1H3,(H,14,15). The summed E-state index contributed by atoms with van der Waals surface area (Å²) in [5.74, 6) is -2.08. The van der Waals surface area contributed by atoms with Gasteiger partial charge >= 0.3 is 11.9 Å². The zero-order valence-corrected chi connectivity index (χ0v) is 8.51. The minimum atomic E-state index is -1.21. The van der Waals surface area contributed by atoms with Crippen LogP contribution in [0.15, 0.2) is 24.3 Å². The van der Waals surface area contributed by atoms with Crippen LogP contribution >= 0.6 is 0 Å². The van der Waals surface area contributed by atoms with E-state index in [2.05, 4.69) is 4.74 Å². The number of phenols is 1. The number of esters is 1. The first-order valence-corrected chi connectivity index (χ1v) is 4.37. The van der Waals surface area contributed by atoms with Gasteiger partial charge in [0.15, 0.2) is 0 Å². The van der Waals surface area contributed by atoms with Crippen LogP contribution in [0, 0.1) is 0 Å². The van der Waals surface area contributed by atoms with Gasteiger partial charge in [-0.05, 0) is 23.8 Å². The fraction of sp³-hybridized carbons (Fsp3) is 0.0909. The number of carbonyl (C=O) groups is 2. The van der Waals surface area contributed by atoms with E-state index in [0.717, 1.165) is 0 Å². The fourth-order valence-electron chi connectivity index (χ4n) is 1.07. The van der Waals surface area contributed by atoms with E-state index in [-0.39, 0.29) is 11.3 Å². The number of carbonyl (C=O) groups excluding carboxylic acids is 1. The van der Waals surface area contributed by atoms with Gasteiger partial charge in [-0.3, -0.25) is 0 Å². The van der Waals surface area contributed by atoms with E-state index in [1.165, 1.54) is 37.5 Å². The summed E-state index contributed by atoms with van der Waals surface area (Å²) in [6.07, 6.45) is 2.59. The molecule has 0 saturated carbocycles. The summed E-state index contributed by atoms with van der Waals surface area (Å²) in [6.45, 7) is 0. The summed E-state index contributed by atoms with van der Waals surface area (Å²) in [5, 5.41) is 18.0. The molecule has 2 N–H and O–H groups in total. The van der Waals surface area contributed by atoms with Crippen molar-refractivity contribution in [2.75, 3.05) is 7.11 Å². The van der Waals surface area contributed by atoms with Gasteiger partial charge in [0, 0.05) is 6.08 Å². The van der Waals surface area contributed by atoms with Crippen LogP contribution in [0.4, 0.5) is 0 Å². The molecule has 0 saturated heterocycles. The van der Waals surface area contributed by atoms with Gasteiger partial charge in [-0.15, -0.1) is 0 Å². The highest BCUT2D eigenvalue weighted by Gasteiger charge is 2.08. The first-order valence-electron chi connectivity index (χ1n) is 4.37. The van der Waals surface area contributed by atoms with Gasteiger partial charge < -0.3 is 14.9 Å². The van der Waals surface area contributed by atoms with Crippen molar-refractivity contribution in [3.05, 3.63) is 35.4 Å². The number of aromatic carboxylic acids is 1. The number of hydrogen-bond acceptors (Lipinski definition) is 4. The van der Waals surface area contributed by atoms with Crippen LogP contribution in [-0.4, -0.2) is 29.3 Å². The Morgan fingerprint density at radius 3 is 2.56 bits per heavy atom. The number of ether oxygens (including phenoxy) is 1. The molecule has 16 heavy (non-hydrogen) atoms. The van der Waals surface area contributed by atoms with E-state index in [1.807, 2.05) is 0 Å². The second-order valence-corrected chi connectivity index (χ2v) is 2.94. The molecule has 0 radical (unpaired) electrons. The molecule has 0 amide bonds. The molecule has 0 aliphatic carbocycles. The predicted molar refractivity (Wildman–Crippen MR) is 56.1 cm³/mol. The molecule has 0 heterocycles. The van der Waals surface area contributed by atoms with Crippen LogP contribution in [0.3, 0.4) is 0 Å². The van der Waals surface area contributed by atoms with Gasteiger partial charge in [-0.2, -0.15) is 0 Å². The maximum atomic E-state index is 10.8. The Bertz CT molecular complexity index is 448. The predicted octanol–water partition coefficient (Wildman–Crippen LogP) is 1.28. The van der Waals surface area contributed by atoms with Crippen molar-refractivity contribution in [3.63, 3.8) is 0 Å². The van der Waals surface area contributed by atoms with Crippen molar-refractivity contribution in [2.24, 2.45) is 0 Å². The molecule has 84 valence electrons. The summed E-state index contributed by atoms with van der Waals surface area (Å²) in [4.78, 5) is 21.4. The molecule has 0 aliphatic rings. The lowest BCUT2D eigenvalue weighted by Crippen LogP contribution is -1.96. The lowest BCUT2D eigenvalue weighted by atomic mass is 10.1. The van der Waals surface area contributed by atoms with Crippen LogP contribution in [0.25, 0.3) is 6.08 Å². The first kappa shape index (κ1) is 11.8. The van der Waals surface area contributed by atoms with Crippen molar-refractivity contribution >= 4 is 18.0 Å². The molecule has 0 fully saturated rings. The molecule has 0 aromatic heterocycles. The molecular weight excluding hydrogens is 212 g/mol. The Hall–Kier alpha value is -2.30. The maximum Gasteiger partial charge on any atom is 0.339 e. The first-order chi connectivity index (χ1) is 7.54. The average molecular weight is 222 g/mol. The van der Waals surface area contributed by atoms with Crippen LogP contribution in [0.1, 0.15) is 15.9 Å². The Balaban J connectivity index is 2.94. The van der Waals surface area contributed by atoms with E-state index in [9.17, 15) is 14.7 Å². The maximum absolute atomic E-state index is 10.8. The van der Waals surface area contributed by atoms with Crippen LogP contribution in [0.2, 0.25) is 0 Å². The molecule has 0 bridgehead atoms. The fourth-order valence-corrected chi connectivity index (χ4v) is 1.07. The number of carboxylic acid groups (broad SMARTS) is 1. The third-order valence-corrected chi connectivity index (χ3v) is 1.87. The molecule has 1 aromatic carbocycles. The number of methoxy groups -OCH3 is 1. The summed E-state index contributed by atoms with van der Waals surface area (Å²) in [7, 11) is 1.25. The topological polar surface area (TPSA) is 83.8 Å². The largest absolute Gasteiger partial charge is 0.507 e. The van der Waals surface area contributed by atoms with Crippen LogP contribution in [-0.2, 0) is 9.53 Å². The monoisotopic (exact) mass is 222 g/mol. The highest BCUT2D eigenvalue weighted by atomic mass is 16.5. The quantitative estimate of drug-likeness (QED) is 0.594. The van der Waals surface area contributed by atoms with Gasteiger partial charge in [-0.1, -0.05) is 6.07 Å². The van der Waals surface area contributed by atoms with Crippen molar-refractivity contribution in [2.45, 2.75) is 0 Å². The zero-order valence-electron chi connectivity index (χ0n) is 8.51. The number of rotatable bonds is 3. The SMILES string of the molecule is COC(=O)C=Cc1ccc(C(=O)O)c(O)c1. The summed E-state index contributed by atoms with van der Waals surface area (Å²) < 4.78 is 4.38. The lowest BCUT2D eigenvalue weighted by Gasteiger charge is -2.00. The number of hydrogen-bond donors (Lipinski definition) is 2. The van der Waals surface area contributed by atoms with Gasteiger partial charge in [-0.25, -0.2) is 9.59 Å². The van der Waals surface area contributed by atoms with Crippen molar-refractivity contribution in [1.29, 1.82) is 0 Å². The third-order valence-electron chi connectivity index (χ3n) is 1.87. The van der Waals surface area contributed by atoms with Crippen molar-refractivity contribution < 1.29 is 24.5 Å². The number of benzene rings is 1. The molecule has 1 rings (SSSR count). The molecule has 0 aliphatic heterocycles. The van der Waals surface area contributed by atoms with E-state index in [4.69, 9.17) is 5.11 Å². The molecule has 1 aromatic rings. The van der Waals surface area contributed by atoms with E-state index < -0.39 is 11.9 Å². The average Bonchev–Trinajstić information content (AvgIpc) is 2.25. The van der Waals surface area contributed by atoms with E-state index >= 15 is 0 Å². The number of carboxylic acids is 1. The molecule has 0 unspecified atom stereocenters. The van der Waals surface area contributed by atoms with E-state index in [0.29, 0.717) is 5.56 Å². The Morgan fingerprint density at radius 1 is 1.38 bits per heavy atom. The summed E-state index contributed by atoms with van der Waals surface area (Å²) in [6, 6.07) is 3.99. The van der Waals surface area contributed by atoms with Gasteiger partial charge in [0.05, 0.1) is 7.11 Å². The number of aromatic hydroxyl groups is 1. The molecule has 0 atom stereocenters. The Morgan fingerprint density at radius 2 is 2.06 bits per heavy atom. The summed E-state index contributed by atoms with van der Waals surface area (Å²) in [5.41, 5.74) is 0.322. The third kappa shape index (κ3) is 2.84. The lowest BCUT2D eigenvalue weighted by molar-refractivity contribution is -0.134. The van der Waals surface area contributed by atoms with Gasteiger partial charge in [0.25, 0.3) is 0 Å². The smallest absolute Gasteiger partial charge is 0.339 e. The molecule has 5 heteroatoms. The Kier molecular flexibility index (Phi) is 3.66. The molecular formula is C11H10O5. The highest BCUT2D eigenvalue weighted by molar-refractivity contribution is 5.91. The second kappa shape index (κ2) is 4.97. The normalized spacial score (nSPS) is 10.3. The second-order valence-electron chi connectivity index (χ2n) is 2.94. The zero-order chi connectivity index (χ0) is 12.1.